The lowest BCUT2D eigenvalue weighted by atomic mass is 10.1. The van der Waals surface area contributed by atoms with Crippen molar-refractivity contribution in [3.63, 3.8) is 0 Å². The Kier molecular flexibility index (Phi) is 3.99. The predicted octanol–water partition coefficient (Wildman–Crippen LogP) is 2.37. The highest BCUT2D eigenvalue weighted by molar-refractivity contribution is 9.10. The molecule has 7 heteroatoms. The van der Waals surface area contributed by atoms with E-state index < -0.39 is 9.05 Å². The van der Waals surface area contributed by atoms with Gasteiger partial charge < -0.3 is 4.90 Å². The second kappa shape index (κ2) is 5.19. The van der Waals surface area contributed by atoms with Crippen molar-refractivity contribution in [2.75, 3.05) is 17.2 Å². The van der Waals surface area contributed by atoms with Gasteiger partial charge in [0.2, 0.25) is 15.0 Å². The molecule has 4 nitrogen and oxygen atoms in total. The standard InChI is InChI=1S/C11H11BrClNO3S/c12-9-3-1-2-4-10(9)14-6-8(5-11(14)15)7-18(13,16)17/h1-4,8H,5-7H2. The van der Waals surface area contributed by atoms with E-state index in [-0.39, 0.29) is 24.0 Å². The number of amides is 1. The molecule has 0 radical (unpaired) electrons. The summed E-state index contributed by atoms with van der Waals surface area (Å²) < 4.78 is 22.9. The maximum absolute atomic E-state index is 11.9. The summed E-state index contributed by atoms with van der Waals surface area (Å²) in [5, 5.41) is 0. The van der Waals surface area contributed by atoms with Gasteiger partial charge in [-0.25, -0.2) is 8.42 Å². The zero-order valence-electron chi connectivity index (χ0n) is 9.34. The van der Waals surface area contributed by atoms with Gasteiger partial charge in [-0.15, -0.1) is 0 Å². The van der Waals surface area contributed by atoms with Crippen LogP contribution in [0.5, 0.6) is 0 Å². The summed E-state index contributed by atoms with van der Waals surface area (Å²) in [7, 11) is 1.65. The Balaban J connectivity index is 2.18. The van der Waals surface area contributed by atoms with Gasteiger partial charge in [-0.05, 0) is 28.1 Å². The fraction of sp³-hybridized carbons (Fsp3) is 0.364. The van der Waals surface area contributed by atoms with Crippen LogP contribution in [0.15, 0.2) is 28.7 Å². The summed E-state index contributed by atoms with van der Waals surface area (Å²) in [5.41, 5.74) is 0.761. The van der Waals surface area contributed by atoms with Crippen LogP contribution in [-0.4, -0.2) is 26.6 Å². The monoisotopic (exact) mass is 351 g/mol. The van der Waals surface area contributed by atoms with Gasteiger partial charge in [0.25, 0.3) is 0 Å². The molecule has 1 saturated heterocycles. The van der Waals surface area contributed by atoms with E-state index in [9.17, 15) is 13.2 Å². The summed E-state index contributed by atoms with van der Waals surface area (Å²) in [6, 6.07) is 7.35. The van der Waals surface area contributed by atoms with E-state index in [1.54, 1.807) is 4.90 Å². The first-order chi connectivity index (χ1) is 8.37. The van der Waals surface area contributed by atoms with Crippen molar-refractivity contribution in [2.45, 2.75) is 6.42 Å². The van der Waals surface area contributed by atoms with Gasteiger partial charge in [0.1, 0.15) is 0 Å². The van der Waals surface area contributed by atoms with Crippen molar-refractivity contribution < 1.29 is 13.2 Å². The fourth-order valence-electron chi connectivity index (χ4n) is 2.08. The van der Waals surface area contributed by atoms with Crippen LogP contribution in [0.1, 0.15) is 6.42 Å². The molecule has 0 N–H and O–H groups in total. The lowest BCUT2D eigenvalue weighted by Gasteiger charge is -2.18. The van der Waals surface area contributed by atoms with Crippen LogP contribution in [0.4, 0.5) is 5.69 Å². The molecule has 0 aliphatic carbocycles. The Labute approximate surface area is 118 Å². The Hall–Kier alpha value is -0.590. The molecule has 2 rings (SSSR count). The number of rotatable bonds is 3. The molecular formula is C11H11BrClNO3S. The smallest absolute Gasteiger partial charge is 0.232 e. The number of carbonyl (C=O) groups is 1. The zero-order chi connectivity index (χ0) is 13.3. The van der Waals surface area contributed by atoms with E-state index in [4.69, 9.17) is 10.7 Å². The van der Waals surface area contributed by atoms with E-state index >= 15 is 0 Å². The first-order valence-corrected chi connectivity index (χ1v) is 8.61. The van der Waals surface area contributed by atoms with Crippen LogP contribution >= 0.6 is 26.6 Å². The average Bonchev–Trinajstić information content (AvgIpc) is 2.57. The molecule has 1 fully saturated rings. The maximum atomic E-state index is 11.9. The molecule has 1 unspecified atom stereocenters. The van der Waals surface area contributed by atoms with E-state index in [2.05, 4.69) is 15.9 Å². The topological polar surface area (TPSA) is 54.5 Å². The predicted molar refractivity (Wildman–Crippen MR) is 74.2 cm³/mol. The normalized spacial score (nSPS) is 20.4. The van der Waals surface area contributed by atoms with Crippen molar-refractivity contribution in [3.05, 3.63) is 28.7 Å². The third kappa shape index (κ3) is 3.24. The number of benzene rings is 1. The highest BCUT2D eigenvalue weighted by atomic mass is 79.9. The Morgan fingerprint density at radius 2 is 2.06 bits per heavy atom. The minimum atomic E-state index is -3.57. The van der Waals surface area contributed by atoms with Crippen molar-refractivity contribution in [1.29, 1.82) is 0 Å². The molecule has 1 heterocycles. The van der Waals surface area contributed by atoms with Crippen molar-refractivity contribution in [2.24, 2.45) is 5.92 Å². The summed E-state index contributed by atoms with van der Waals surface area (Å²) in [5.74, 6) is -0.485. The van der Waals surface area contributed by atoms with E-state index in [1.807, 2.05) is 24.3 Å². The third-order valence-corrected chi connectivity index (χ3v) is 4.70. The minimum Gasteiger partial charge on any atom is -0.311 e. The van der Waals surface area contributed by atoms with Gasteiger partial charge in [0, 0.05) is 34.0 Å². The number of hydrogen-bond donors (Lipinski definition) is 0. The number of anilines is 1. The summed E-state index contributed by atoms with van der Waals surface area (Å²) >= 11 is 3.38. The molecule has 0 aromatic heterocycles. The molecule has 98 valence electrons. The lowest BCUT2D eigenvalue weighted by molar-refractivity contribution is -0.117. The molecule has 1 aromatic rings. The zero-order valence-corrected chi connectivity index (χ0v) is 12.5. The highest BCUT2D eigenvalue weighted by Crippen LogP contribution is 2.31. The molecule has 0 saturated carbocycles. The van der Waals surface area contributed by atoms with E-state index in [0.29, 0.717) is 6.54 Å². The fourth-order valence-corrected chi connectivity index (χ4v) is 3.90. The first-order valence-electron chi connectivity index (χ1n) is 5.34. The van der Waals surface area contributed by atoms with Gasteiger partial charge in [-0.1, -0.05) is 12.1 Å². The lowest BCUT2D eigenvalue weighted by Crippen LogP contribution is -2.25. The summed E-state index contributed by atoms with van der Waals surface area (Å²) in [6.07, 6.45) is 0.216. The van der Waals surface area contributed by atoms with Crippen LogP contribution in [0.3, 0.4) is 0 Å². The van der Waals surface area contributed by atoms with Crippen LogP contribution < -0.4 is 4.90 Å². The molecule has 18 heavy (non-hydrogen) atoms. The maximum Gasteiger partial charge on any atom is 0.232 e. The summed E-state index contributed by atoms with van der Waals surface area (Å²) in [4.78, 5) is 13.5. The van der Waals surface area contributed by atoms with E-state index in [0.717, 1.165) is 10.2 Å². The highest BCUT2D eigenvalue weighted by Gasteiger charge is 2.33. The minimum absolute atomic E-state index is 0.0767. The second-order valence-electron chi connectivity index (χ2n) is 4.23. The Morgan fingerprint density at radius 1 is 1.39 bits per heavy atom. The molecule has 0 spiro atoms. The SMILES string of the molecule is O=C1CC(CS(=O)(=O)Cl)CN1c1ccccc1Br. The van der Waals surface area contributed by atoms with Crippen LogP contribution in [0, 0.1) is 5.92 Å². The Morgan fingerprint density at radius 3 is 2.67 bits per heavy atom. The van der Waals surface area contributed by atoms with Gasteiger partial charge >= 0.3 is 0 Å². The number of carbonyl (C=O) groups excluding carboxylic acids is 1. The molecule has 1 aromatic carbocycles. The van der Waals surface area contributed by atoms with Crippen molar-refractivity contribution >= 4 is 47.3 Å². The van der Waals surface area contributed by atoms with Gasteiger partial charge in [0.05, 0.1) is 11.4 Å². The average molecular weight is 353 g/mol. The van der Waals surface area contributed by atoms with E-state index in [1.165, 1.54) is 0 Å². The molecule has 1 aliphatic rings. The first kappa shape index (κ1) is 13.8. The van der Waals surface area contributed by atoms with Crippen molar-refractivity contribution in [1.82, 2.24) is 0 Å². The second-order valence-corrected chi connectivity index (χ2v) is 7.91. The molecule has 1 amide bonds. The molecule has 1 atom stereocenters. The number of nitrogens with zero attached hydrogens (tertiary/aromatic N) is 1. The largest absolute Gasteiger partial charge is 0.311 e. The van der Waals surface area contributed by atoms with Crippen LogP contribution in [0.2, 0.25) is 0 Å². The van der Waals surface area contributed by atoms with Gasteiger partial charge in [-0.3, -0.25) is 4.79 Å². The summed E-state index contributed by atoms with van der Waals surface area (Å²) in [6.45, 7) is 0.382. The number of hydrogen-bond acceptors (Lipinski definition) is 3. The quantitative estimate of drug-likeness (QED) is 0.785. The number of halogens is 2. The van der Waals surface area contributed by atoms with Gasteiger partial charge in [-0.2, -0.15) is 0 Å². The molecule has 1 aliphatic heterocycles. The van der Waals surface area contributed by atoms with Crippen LogP contribution in [0.25, 0.3) is 0 Å². The molecular weight excluding hydrogens is 342 g/mol. The van der Waals surface area contributed by atoms with Crippen molar-refractivity contribution in [3.8, 4) is 0 Å². The van der Waals surface area contributed by atoms with Gasteiger partial charge in [0.15, 0.2) is 0 Å². The molecule has 0 bridgehead atoms. The van der Waals surface area contributed by atoms with Crippen LogP contribution in [-0.2, 0) is 13.8 Å². The third-order valence-electron chi connectivity index (χ3n) is 2.78. The number of para-hydroxylation sites is 1. The Bertz CT molecular complexity index is 575.